The van der Waals surface area contributed by atoms with E-state index in [4.69, 9.17) is 4.74 Å². The maximum absolute atomic E-state index is 13.6. The van der Waals surface area contributed by atoms with Crippen molar-refractivity contribution >= 4 is 17.3 Å². The predicted molar refractivity (Wildman–Crippen MR) is 134 cm³/mol. The Labute approximate surface area is 201 Å². The third-order valence-corrected chi connectivity index (χ3v) is 7.28. The highest BCUT2D eigenvalue weighted by Gasteiger charge is 2.53. The van der Waals surface area contributed by atoms with Gasteiger partial charge in [-0.3, -0.25) is 14.5 Å². The molecule has 0 spiro atoms. The number of rotatable bonds is 7. The fourth-order valence-electron chi connectivity index (χ4n) is 5.40. The highest BCUT2D eigenvalue weighted by Crippen LogP contribution is 2.43. The molecule has 0 N–H and O–H groups in total. The van der Waals surface area contributed by atoms with Gasteiger partial charge in [-0.1, -0.05) is 60.7 Å². The molecule has 174 valence electrons. The minimum Gasteiger partial charge on any atom is -0.497 e. The first kappa shape index (κ1) is 22.4. The fraction of sp³-hybridized carbons (Fsp3) is 0.310. The molecule has 0 amide bonds. The molecule has 0 radical (unpaired) electrons. The lowest BCUT2D eigenvalue weighted by molar-refractivity contribution is 0.0777. The highest BCUT2D eigenvalue weighted by molar-refractivity contribution is 6.33. The lowest BCUT2D eigenvalue weighted by Gasteiger charge is -2.36. The first-order valence-corrected chi connectivity index (χ1v) is 12.0. The summed E-state index contributed by atoms with van der Waals surface area (Å²) in [6, 6.07) is 25.1. The standard InChI is InChI=1S/C29H30N2O3/c1-34-24-12-7-11-23(21-24)31-19-17-30(18-20-31)16-8-15-29(22-9-3-2-4-10-22)27(32)25-13-5-6-14-26(25)28(29)33/h2-7,9-14,21H,8,15-20H2,1H3. The smallest absolute Gasteiger partial charge is 0.181 e. The normalized spacial score (nSPS) is 17.6. The summed E-state index contributed by atoms with van der Waals surface area (Å²) in [6.07, 6.45) is 1.32. The second-order valence-electron chi connectivity index (χ2n) is 9.11. The quantitative estimate of drug-likeness (QED) is 0.488. The first-order valence-electron chi connectivity index (χ1n) is 12.0. The van der Waals surface area contributed by atoms with E-state index in [1.54, 1.807) is 19.2 Å². The van der Waals surface area contributed by atoms with Crippen molar-refractivity contribution < 1.29 is 14.3 Å². The molecule has 1 aliphatic carbocycles. The Hall–Kier alpha value is -3.44. The molecule has 0 aromatic heterocycles. The monoisotopic (exact) mass is 454 g/mol. The summed E-state index contributed by atoms with van der Waals surface area (Å²) in [4.78, 5) is 32.0. The summed E-state index contributed by atoms with van der Waals surface area (Å²) < 4.78 is 5.36. The van der Waals surface area contributed by atoms with Gasteiger partial charge in [0.1, 0.15) is 11.2 Å². The van der Waals surface area contributed by atoms with Gasteiger partial charge in [-0.25, -0.2) is 0 Å². The topological polar surface area (TPSA) is 49.9 Å². The van der Waals surface area contributed by atoms with Crippen LogP contribution in [0.25, 0.3) is 0 Å². The number of methoxy groups -OCH3 is 1. The second-order valence-corrected chi connectivity index (χ2v) is 9.11. The van der Waals surface area contributed by atoms with Gasteiger partial charge >= 0.3 is 0 Å². The molecule has 1 saturated heterocycles. The van der Waals surface area contributed by atoms with Crippen LogP contribution in [0.2, 0.25) is 0 Å². The predicted octanol–water partition coefficient (Wildman–Crippen LogP) is 4.61. The molecule has 5 nitrogen and oxygen atoms in total. The van der Waals surface area contributed by atoms with Crippen molar-refractivity contribution in [2.45, 2.75) is 18.3 Å². The van der Waals surface area contributed by atoms with Crippen molar-refractivity contribution in [2.75, 3.05) is 44.7 Å². The zero-order valence-electron chi connectivity index (χ0n) is 19.6. The number of hydrogen-bond donors (Lipinski definition) is 0. The Kier molecular flexibility index (Phi) is 6.20. The van der Waals surface area contributed by atoms with Crippen molar-refractivity contribution in [3.05, 3.63) is 95.6 Å². The van der Waals surface area contributed by atoms with Crippen LogP contribution in [-0.2, 0) is 5.41 Å². The van der Waals surface area contributed by atoms with Gasteiger partial charge in [0.15, 0.2) is 11.6 Å². The van der Waals surface area contributed by atoms with Crippen LogP contribution >= 0.6 is 0 Å². The minimum atomic E-state index is -1.10. The van der Waals surface area contributed by atoms with Gasteiger partial charge in [-0.05, 0) is 37.1 Å². The average molecular weight is 455 g/mol. The molecular weight excluding hydrogens is 424 g/mol. The lowest BCUT2D eigenvalue weighted by atomic mass is 9.72. The molecule has 1 heterocycles. The number of carbonyl (C=O) groups excluding carboxylic acids is 2. The van der Waals surface area contributed by atoms with E-state index >= 15 is 0 Å². The summed E-state index contributed by atoms with van der Waals surface area (Å²) in [5.41, 5.74) is 2.00. The zero-order valence-corrected chi connectivity index (χ0v) is 19.6. The number of nitrogens with zero attached hydrogens (tertiary/aromatic N) is 2. The van der Waals surface area contributed by atoms with Crippen LogP contribution in [0, 0.1) is 0 Å². The minimum absolute atomic E-state index is 0.0536. The van der Waals surface area contributed by atoms with Crippen LogP contribution in [0.1, 0.15) is 39.1 Å². The van der Waals surface area contributed by atoms with Crippen LogP contribution in [-0.4, -0.2) is 56.3 Å². The van der Waals surface area contributed by atoms with Crippen LogP contribution in [0.4, 0.5) is 5.69 Å². The molecule has 0 atom stereocenters. The van der Waals surface area contributed by atoms with Gasteiger partial charge in [0, 0.05) is 49.1 Å². The summed E-state index contributed by atoms with van der Waals surface area (Å²) >= 11 is 0. The zero-order chi connectivity index (χ0) is 23.5. The number of ketones is 2. The van der Waals surface area contributed by atoms with E-state index in [0.717, 1.165) is 50.5 Å². The van der Waals surface area contributed by atoms with E-state index in [9.17, 15) is 9.59 Å². The summed E-state index contributed by atoms with van der Waals surface area (Å²) in [5.74, 6) is 0.766. The molecule has 1 fully saturated rings. The number of carbonyl (C=O) groups is 2. The SMILES string of the molecule is COc1cccc(N2CCN(CCCC3(c4ccccc4)C(=O)c4ccccc4C3=O)CC2)c1. The molecule has 5 rings (SSSR count). The maximum atomic E-state index is 13.6. The highest BCUT2D eigenvalue weighted by atomic mass is 16.5. The van der Waals surface area contributed by atoms with Gasteiger partial charge in [0.05, 0.1) is 7.11 Å². The van der Waals surface area contributed by atoms with Crippen LogP contribution < -0.4 is 9.64 Å². The van der Waals surface area contributed by atoms with Gasteiger partial charge in [-0.15, -0.1) is 0 Å². The third-order valence-electron chi connectivity index (χ3n) is 7.28. The summed E-state index contributed by atoms with van der Waals surface area (Å²) in [5, 5.41) is 0. The van der Waals surface area contributed by atoms with Crippen molar-refractivity contribution in [1.29, 1.82) is 0 Å². The Morgan fingerprint density at radius 1 is 0.794 bits per heavy atom. The summed E-state index contributed by atoms with van der Waals surface area (Å²) in [6.45, 7) is 4.67. The van der Waals surface area contributed by atoms with E-state index in [1.807, 2.05) is 54.6 Å². The van der Waals surface area contributed by atoms with E-state index < -0.39 is 5.41 Å². The molecule has 0 bridgehead atoms. The summed E-state index contributed by atoms with van der Waals surface area (Å²) in [7, 11) is 1.69. The Bertz CT molecular complexity index is 1150. The molecule has 0 saturated carbocycles. The first-order chi connectivity index (χ1) is 16.6. The number of benzene rings is 3. The molecule has 5 heteroatoms. The number of Topliss-reactive ketones (excluding diaryl/α,β-unsaturated/α-hetero) is 2. The van der Waals surface area contributed by atoms with Crippen LogP contribution in [0.15, 0.2) is 78.9 Å². The van der Waals surface area contributed by atoms with Crippen LogP contribution in [0.5, 0.6) is 5.75 Å². The molecule has 3 aromatic rings. The number of ether oxygens (including phenoxy) is 1. The van der Waals surface area contributed by atoms with E-state index in [0.29, 0.717) is 17.5 Å². The number of anilines is 1. The van der Waals surface area contributed by atoms with Gasteiger partial charge in [0.25, 0.3) is 0 Å². The van der Waals surface area contributed by atoms with Crippen molar-refractivity contribution in [1.82, 2.24) is 4.90 Å². The van der Waals surface area contributed by atoms with Gasteiger partial charge in [0.2, 0.25) is 0 Å². The van der Waals surface area contributed by atoms with Gasteiger partial charge < -0.3 is 9.64 Å². The Morgan fingerprint density at radius 3 is 2.09 bits per heavy atom. The van der Waals surface area contributed by atoms with Crippen molar-refractivity contribution in [3.8, 4) is 5.75 Å². The van der Waals surface area contributed by atoms with Crippen molar-refractivity contribution in [3.63, 3.8) is 0 Å². The maximum Gasteiger partial charge on any atom is 0.181 e. The number of fused-ring (bicyclic) bond motifs is 1. The fourth-order valence-corrected chi connectivity index (χ4v) is 5.40. The van der Waals surface area contributed by atoms with Crippen molar-refractivity contribution in [2.24, 2.45) is 0 Å². The number of piperazine rings is 1. The Balaban J connectivity index is 1.26. The third kappa shape index (κ3) is 3.90. The van der Waals surface area contributed by atoms with E-state index in [1.165, 1.54) is 5.69 Å². The van der Waals surface area contributed by atoms with E-state index in [2.05, 4.69) is 21.9 Å². The van der Waals surface area contributed by atoms with Crippen LogP contribution in [0.3, 0.4) is 0 Å². The second kappa shape index (κ2) is 9.43. The average Bonchev–Trinajstić information content (AvgIpc) is 3.12. The molecule has 2 aliphatic rings. The largest absolute Gasteiger partial charge is 0.497 e. The molecule has 3 aromatic carbocycles. The van der Waals surface area contributed by atoms with E-state index in [-0.39, 0.29) is 11.6 Å². The molecule has 34 heavy (non-hydrogen) atoms. The molecule has 0 unspecified atom stereocenters. The number of hydrogen-bond acceptors (Lipinski definition) is 5. The van der Waals surface area contributed by atoms with Gasteiger partial charge in [-0.2, -0.15) is 0 Å². The Morgan fingerprint density at radius 2 is 1.44 bits per heavy atom. The lowest BCUT2D eigenvalue weighted by Crippen LogP contribution is -2.47. The molecule has 1 aliphatic heterocycles. The molecular formula is C29H30N2O3.